The van der Waals surface area contributed by atoms with Crippen molar-refractivity contribution in [1.29, 1.82) is 0 Å². The van der Waals surface area contributed by atoms with Gasteiger partial charge >= 0.3 is 11.9 Å². The maximum Gasteiger partial charge on any atom is 0.355 e. The van der Waals surface area contributed by atoms with Gasteiger partial charge in [0, 0.05) is 16.4 Å². The minimum absolute atomic E-state index is 0.102. The van der Waals surface area contributed by atoms with Gasteiger partial charge in [-0.1, -0.05) is 35.0 Å². The molecule has 6 heteroatoms. The Morgan fingerprint density at radius 3 is 2.42 bits per heavy atom. The summed E-state index contributed by atoms with van der Waals surface area (Å²) in [6, 6.07) is 5.75. The van der Waals surface area contributed by atoms with Gasteiger partial charge in [-0.25, -0.2) is 9.59 Å². The average molecular weight is 392 g/mol. The van der Waals surface area contributed by atoms with E-state index in [0.717, 1.165) is 22.1 Å². The van der Waals surface area contributed by atoms with Gasteiger partial charge in [0.25, 0.3) is 0 Å². The number of rotatable bonds is 4. The van der Waals surface area contributed by atoms with E-state index in [1.54, 1.807) is 23.3 Å². The molecule has 0 N–H and O–H groups in total. The first-order valence-electron chi connectivity index (χ1n) is 7.36. The number of halogens is 1. The Balaban J connectivity index is 2.63. The zero-order valence-electron chi connectivity index (χ0n) is 13.7. The Morgan fingerprint density at radius 2 is 1.83 bits per heavy atom. The number of aryl methyl sites for hydroxylation is 1. The number of esters is 2. The number of nitrogens with zero attached hydrogens (tertiary/aromatic N) is 1. The number of hydrogen-bond donors (Lipinski definition) is 0. The van der Waals surface area contributed by atoms with Crippen LogP contribution in [0.2, 0.25) is 0 Å². The van der Waals surface area contributed by atoms with Gasteiger partial charge in [-0.3, -0.25) is 0 Å². The van der Waals surface area contributed by atoms with Gasteiger partial charge in [0.2, 0.25) is 0 Å². The lowest BCUT2D eigenvalue weighted by Gasteiger charge is -2.23. The highest BCUT2D eigenvalue weighted by molar-refractivity contribution is 9.10. The predicted octanol–water partition coefficient (Wildman–Crippen LogP) is 3.50. The van der Waals surface area contributed by atoms with Crippen LogP contribution in [0.1, 0.15) is 12.5 Å². The number of methoxy groups -OCH3 is 2. The van der Waals surface area contributed by atoms with Gasteiger partial charge in [-0.15, -0.1) is 0 Å². The summed E-state index contributed by atoms with van der Waals surface area (Å²) >= 11 is 3.53. The van der Waals surface area contributed by atoms with Gasteiger partial charge in [0.1, 0.15) is 5.70 Å². The molecule has 0 saturated carbocycles. The van der Waals surface area contributed by atoms with Crippen LogP contribution in [-0.2, 0) is 25.5 Å². The molecule has 0 bridgehead atoms. The maximum absolute atomic E-state index is 12.3. The monoisotopic (exact) mass is 391 g/mol. The topological polar surface area (TPSA) is 55.8 Å². The molecule has 0 spiro atoms. The van der Waals surface area contributed by atoms with E-state index in [2.05, 4.69) is 22.9 Å². The number of carbonyl (C=O) groups excluding carboxylic acids is 2. The number of allylic oxidation sites excluding steroid dienone is 2. The first-order chi connectivity index (χ1) is 11.5. The van der Waals surface area contributed by atoms with Crippen LogP contribution in [0.4, 0.5) is 5.69 Å². The highest BCUT2D eigenvalue weighted by Crippen LogP contribution is 2.30. The normalized spacial score (nSPS) is 13.8. The summed E-state index contributed by atoms with van der Waals surface area (Å²) in [7, 11) is 2.55. The Bertz CT molecular complexity index is 749. The Morgan fingerprint density at radius 1 is 1.12 bits per heavy atom. The molecule has 0 amide bonds. The van der Waals surface area contributed by atoms with E-state index in [9.17, 15) is 9.59 Å². The second-order valence-corrected chi connectivity index (χ2v) is 5.80. The van der Waals surface area contributed by atoms with Crippen molar-refractivity contribution in [3.8, 4) is 0 Å². The molecule has 1 aromatic rings. The average Bonchev–Trinajstić information content (AvgIpc) is 2.83. The standard InChI is InChI=1S/C18H18BrNO4/c1-4-12-8-9-13(11-15(12)19)20-10-6-5-7-14(17(21)23-2)16(20)18(22)24-3/h5-11H,4H2,1-3H3. The number of benzene rings is 1. The Kier molecular flexibility index (Phi) is 5.98. The number of anilines is 1. The summed E-state index contributed by atoms with van der Waals surface area (Å²) < 4.78 is 10.6. The van der Waals surface area contributed by atoms with Crippen LogP contribution >= 0.6 is 15.9 Å². The fourth-order valence-electron chi connectivity index (χ4n) is 2.34. The first kappa shape index (κ1) is 18.0. The molecule has 5 nitrogen and oxygen atoms in total. The van der Waals surface area contributed by atoms with E-state index in [1.165, 1.54) is 20.3 Å². The third kappa shape index (κ3) is 3.59. The molecule has 1 aliphatic heterocycles. The van der Waals surface area contributed by atoms with Gasteiger partial charge < -0.3 is 14.4 Å². The minimum atomic E-state index is -0.623. The minimum Gasteiger partial charge on any atom is -0.465 e. The summed E-state index contributed by atoms with van der Waals surface area (Å²) in [5.74, 6) is -1.23. The van der Waals surface area contributed by atoms with Crippen molar-refractivity contribution in [1.82, 2.24) is 0 Å². The van der Waals surface area contributed by atoms with E-state index in [4.69, 9.17) is 9.47 Å². The molecule has 2 rings (SSSR count). The van der Waals surface area contributed by atoms with Crippen LogP contribution in [0.3, 0.4) is 0 Å². The smallest absolute Gasteiger partial charge is 0.355 e. The molecule has 0 saturated heterocycles. The maximum atomic E-state index is 12.3. The van der Waals surface area contributed by atoms with E-state index in [-0.39, 0.29) is 11.3 Å². The van der Waals surface area contributed by atoms with Gasteiger partial charge in [0.05, 0.1) is 19.8 Å². The molecular formula is C18H18BrNO4. The predicted molar refractivity (Wildman–Crippen MR) is 95.3 cm³/mol. The number of hydrogen-bond acceptors (Lipinski definition) is 5. The number of carbonyl (C=O) groups is 2. The zero-order chi connectivity index (χ0) is 17.7. The van der Waals surface area contributed by atoms with Crippen LogP contribution in [-0.4, -0.2) is 26.2 Å². The molecule has 0 radical (unpaired) electrons. The van der Waals surface area contributed by atoms with Crippen LogP contribution in [0.5, 0.6) is 0 Å². The van der Waals surface area contributed by atoms with E-state index in [0.29, 0.717) is 0 Å². The van der Waals surface area contributed by atoms with E-state index < -0.39 is 11.9 Å². The highest BCUT2D eigenvalue weighted by Gasteiger charge is 2.27. The molecule has 126 valence electrons. The highest BCUT2D eigenvalue weighted by atomic mass is 79.9. The number of ether oxygens (including phenoxy) is 2. The van der Waals surface area contributed by atoms with Crippen molar-refractivity contribution in [3.05, 3.63) is 63.9 Å². The molecule has 0 aromatic heterocycles. The van der Waals surface area contributed by atoms with Crippen molar-refractivity contribution in [2.45, 2.75) is 13.3 Å². The van der Waals surface area contributed by atoms with E-state index in [1.807, 2.05) is 18.2 Å². The second-order valence-electron chi connectivity index (χ2n) is 4.95. The fraction of sp³-hybridized carbons (Fsp3) is 0.222. The lowest BCUT2D eigenvalue weighted by molar-refractivity contribution is -0.139. The van der Waals surface area contributed by atoms with Gasteiger partial charge in [0.15, 0.2) is 0 Å². The second kappa shape index (κ2) is 7.97. The lowest BCUT2D eigenvalue weighted by atomic mass is 10.1. The van der Waals surface area contributed by atoms with Crippen LogP contribution in [0.25, 0.3) is 0 Å². The summed E-state index contributed by atoms with van der Waals surface area (Å²) in [4.78, 5) is 26.0. The van der Waals surface area contributed by atoms with Crippen LogP contribution in [0, 0.1) is 0 Å². The molecule has 0 aliphatic carbocycles. The van der Waals surface area contributed by atoms with Crippen molar-refractivity contribution in [3.63, 3.8) is 0 Å². The molecule has 0 atom stereocenters. The molecule has 0 unspecified atom stereocenters. The summed E-state index contributed by atoms with van der Waals surface area (Å²) in [5, 5.41) is 0. The molecular weight excluding hydrogens is 374 g/mol. The van der Waals surface area contributed by atoms with Crippen LogP contribution in [0.15, 0.2) is 58.4 Å². The lowest BCUT2D eigenvalue weighted by Crippen LogP contribution is -2.27. The Hall–Kier alpha value is -2.34. The fourth-order valence-corrected chi connectivity index (χ4v) is 2.99. The molecule has 0 fully saturated rings. The van der Waals surface area contributed by atoms with Crippen molar-refractivity contribution < 1.29 is 19.1 Å². The summed E-state index contributed by atoms with van der Waals surface area (Å²) in [6.45, 7) is 2.06. The van der Waals surface area contributed by atoms with Crippen molar-refractivity contribution in [2.24, 2.45) is 0 Å². The molecule has 1 aromatic carbocycles. The largest absolute Gasteiger partial charge is 0.465 e. The zero-order valence-corrected chi connectivity index (χ0v) is 15.3. The third-order valence-electron chi connectivity index (χ3n) is 3.58. The van der Waals surface area contributed by atoms with Crippen molar-refractivity contribution in [2.75, 3.05) is 19.1 Å². The Labute approximate surface area is 149 Å². The van der Waals surface area contributed by atoms with Gasteiger partial charge in [-0.2, -0.15) is 0 Å². The molecule has 24 heavy (non-hydrogen) atoms. The summed E-state index contributed by atoms with van der Waals surface area (Å²) in [5.41, 5.74) is 2.10. The third-order valence-corrected chi connectivity index (χ3v) is 4.32. The molecule has 1 aliphatic rings. The SMILES string of the molecule is CCc1ccc(N2C=CC=CC(C(=O)OC)=C2C(=O)OC)cc1Br. The van der Waals surface area contributed by atoms with Crippen LogP contribution < -0.4 is 4.90 Å². The first-order valence-corrected chi connectivity index (χ1v) is 8.16. The molecule has 1 heterocycles. The van der Waals surface area contributed by atoms with Gasteiger partial charge in [-0.05, 0) is 36.3 Å². The van der Waals surface area contributed by atoms with E-state index >= 15 is 0 Å². The quantitative estimate of drug-likeness (QED) is 0.735. The summed E-state index contributed by atoms with van der Waals surface area (Å²) in [6.07, 6.45) is 7.52. The van der Waals surface area contributed by atoms with Crippen molar-refractivity contribution >= 4 is 33.6 Å².